The van der Waals surface area contributed by atoms with Gasteiger partial charge < -0.3 is 9.58 Å². The van der Waals surface area contributed by atoms with Crippen LogP contribution in [0.4, 0.5) is 0 Å². The summed E-state index contributed by atoms with van der Waals surface area (Å²) in [5, 5.41) is 0. The first-order valence-corrected chi connectivity index (χ1v) is 6.32. The van der Waals surface area contributed by atoms with Crippen molar-refractivity contribution < 1.29 is 9.53 Å². The number of ether oxygens (including phenoxy) is 1. The van der Waals surface area contributed by atoms with Crippen molar-refractivity contribution in [1.82, 2.24) is 0 Å². The second kappa shape index (κ2) is 5.68. The van der Waals surface area contributed by atoms with Gasteiger partial charge in [-0.2, -0.15) is 0 Å². The van der Waals surface area contributed by atoms with Crippen molar-refractivity contribution in [3.8, 4) is 0 Å². The fourth-order valence-corrected chi connectivity index (χ4v) is 2.42. The largest absolute Gasteiger partial charge is 0.461 e. The second-order valence-electron chi connectivity index (χ2n) is 4.87. The van der Waals surface area contributed by atoms with Gasteiger partial charge in [0, 0.05) is 12.8 Å². The molecule has 1 saturated carbocycles. The first kappa shape index (κ1) is 12.6. The molecule has 1 aromatic rings. The lowest BCUT2D eigenvalue weighted by atomic mass is 9.94. The average molecular weight is 243 g/mol. The van der Waals surface area contributed by atoms with Crippen LogP contribution in [0.3, 0.4) is 0 Å². The number of esters is 1. The zero-order chi connectivity index (χ0) is 12.8. The molecule has 0 amide bonds. The predicted molar refractivity (Wildman–Crippen MR) is 68.7 cm³/mol. The van der Waals surface area contributed by atoms with Gasteiger partial charge in [0.1, 0.15) is 13.0 Å². The Morgan fingerprint density at radius 3 is 2.56 bits per heavy atom. The van der Waals surface area contributed by atoms with Crippen LogP contribution in [-0.2, 0) is 16.1 Å². The highest BCUT2D eigenvalue weighted by atomic mass is 16.5. The van der Waals surface area contributed by atoms with E-state index in [9.17, 15) is 4.79 Å². The van der Waals surface area contributed by atoms with Crippen molar-refractivity contribution in [2.45, 2.75) is 44.2 Å². The summed E-state index contributed by atoms with van der Waals surface area (Å²) in [6.45, 7) is 7.55. The summed E-state index contributed by atoms with van der Waals surface area (Å²) in [7, 11) is 0. The molecule has 1 fully saturated rings. The Bertz CT molecular complexity index is 441. The fourth-order valence-electron chi connectivity index (χ4n) is 2.42. The van der Waals surface area contributed by atoms with Crippen LogP contribution in [0.25, 0.3) is 4.85 Å². The van der Waals surface area contributed by atoms with Crippen LogP contribution in [0.1, 0.15) is 37.7 Å². The van der Waals surface area contributed by atoms with Crippen molar-refractivity contribution in [2.75, 3.05) is 0 Å². The lowest BCUT2D eigenvalue weighted by molar-refractivity contribution is -0.146. The molecular weight excluding hydrogens is 226 g/mol. The molecule has 0 bridgehead atoms. The summed E-state index contributed by atoms with van der Waals surface area (Å²) < 4.78 is 5.23. The molecule has 18 heavy (non-hydrogen) atoms. The van der Waals surface area contributed by atoms with Gasteiger partial charge in [0.25, 0.3) is 0 Å². The molecule has 0 atom stereocenters. The Morgan fingerprint density at radius 2 is 1.94 bits per heavy atom. The van der Waals surface area contributed by atoms with Crippen molar-refractivity contribution in [1.29, 1.82) is 0 Å². The summed E-state index contributed by atoms with van der Waals surface area (Å²) >= 11 is 0. The first-order valence-electron chi connectivity index (χ1n) is 6.32. The lowest BCUT2D eigenvalue weighted by Crippen LogP contribution is -2.25. The van der Waals surface area contributed by atoms with E-state index in [0.717, 1.165) is 31.2 Å². The van der Waals surface area contributed by atoms with Crippen LogP contribution in [0.2, 0.25) is 0 Å². The van der Waals surface area contributed by atoms with Gasteiger partial charge in [0.2, 0.25) is 5.54 Å². The maximum atomic E-state index is 11.8. The normalized spacial score (nSPS) is 17.1. The summed E-state index contributed by atoms with van der Waals surface area (Å²) in [5.74, 6) is -0.253. The molecule has 2 rings (SSSR count). The van der Waals surface area contributed by atoms with Crippen LogP contribution in [0.15, 0.2) is 30.3 Å². The molecule has 3 nitrogen and oxygen atoms in total. The van der Waals surface area contributed by atoms with Crippen LogP contribution < -0.4 is 0 Å². The van der Waals surface area contributed by atoms with Gasteiger partial charge >= 0.3 is 5.97 Å². The lowest BCUT2D eigenvalue weighted by Gasteiger charge is -2.14. The van der Waals surface area contributed by atoms with Crippen molar-refractivity contribution >= 4 is 5.97 Å². The zero-order valence-electron chi connectivity index (χ0n) is 10.4. The Kier molecular flexibility index (Phi) is 3.99. The highest BCUT2D eigenvalue weighted by Crippen LogP contribution is 2.36. The molecule has 0 heterocycles. The van der Waals surface area contributed by atoms with E-state index in [4.69, 9.17) is 11.3 Å². The highest BCUT2D eigenvalue weighted by Gasteiger charge is 2.42. The Hall–Kier alpha value is -1.82. The summed E-state index contributed by atoms with van der Waals surface area (Å²) in [5.41, 5.74) is 0.502. The molecule has 0 aromatic heterocycles. The Morgan fingerprint density at radius 1 is 1.28 bits per heavy atom. The highest BCUT2D eigenvalue weighted by molar-refractivity contribution is 5.71. The van der Waals surface area contributed by atoms with Gasteiger partial charge in [0.05, 0.1) is 0 Å². The molecule has 0 aliphatic heterocycles. The molecule has 94 valence electrons. The third-order valence-electron chi connectivity index (χ3n) is 3.49. The zero-order valence-corrected chi connectivity index (χ0v) is 10.4. The third-order valence-corrected chi connectivity index (χ3v) is 3.49. The number of carbonyl (C=O) groups excluding carboxylic acids is 1. The second-order valence-corrected chi connectivity index (χ2v) is 4.87. The minimum absolute atomic E-state index is 0.239. The van der Waals surface area contributed by atoms with E-state index < -0.39 is 5.54 Å². The number of carbonyl (C=O) groups is 1. The van der Waals surface area contributed by atoms with Crippen molar-refractivity contribution in [3.63, 3.8) is 0 Å². The van der Waals surface area contributed by atoms with Crippen LogP contribution in [0.5, 0.6) is 0 Å². The maximum Gasteiger partial charge on any atom is 0.314 e. The molecule has 1 aliphatic carbocycles. The topological polar surface area (TPSA) is 30.7 Å². The smallest absolute Gasteiger partial charge is 0.314 e. The quantitative estimate of drug-likeness (QED) is 0.599. The molecule has 3 heteroatoms. The molecule has 0 radical (unpaired) electrons. The van der Waals surface area contributed by atoms with Gasteiger partial charge in [-0.1, -0.05) is 30.3 Å². The summed E-state index contributed by atoms with van der Waals surface area (Å²) in [6.07, 6.45) is 4.00. The van der Waals surface area contributed by atoms with Crippen molar-refractivity contribution in [3.05, 3.63) is 47.3 Å². The molecular formula is C15H17NO2. The van der Waals surface area contributed by atoms with Gasteiger partial charge in [-0.25, -0.2) is 6.57 Å². The number of nitrogens with zero attached hydrogens (tertiary/aromatic N) is 1. The first-order chi connectivity index (χ1) is 8.74. The van der Waals surface area contributed by atoms with Gasteiger partial charge in [-0.15, -0.1) is 0 Å². The van der Waals surface area contributed by atoms with Gasteiger partial charge in [0.15, 0.2) is 0 Å². The predicted octanol–water partition coefficient (Wildman–Crippen LogP) is 3.35. The van der Waals surface area contributed by atoms with Crippen LogP contribution in [0, 0.1) is 6.57 Å². The SMILES string of the molecule is [C-]#[N+]C1(CC(=O)OCc2ccccc2)CCCC1. The minimum atomic E-state index is -0.478. The van der Waals surface area contributed by atoms with Gasteiger partial charge in [-0.05, 0) is 18.4 Å². The summed E-state index contributed by atoms with van der Waals surface area (Å²) in [4.78, 5) is 15.4. The van der Waals surface area contributed by atoms with Crippen molar-refractivity contribution in [2.24, 2.45) is 0 Å². The van der Waals surface area contributed by atoms with E-state index in [0.29, 0.717) is 6.61 Å². The number of rotatable bonds is 4. The standard InChI is InChI=1S/C15H17NO2/c1-16-15(9-5-6-10-15)11-14(17)18-12-13-7-3-2-4-8-13/h2-4,7-8H,5-6,9-12H2. The van der Waals surface area contributed by atoms with E-state index in [1.54, 1.807) is 0 Å². The fraction of sp³-hybridized carbons (Fsp3) is 0.467. The Balaban J connectivity index is 1.84. The van der Waals surface area contributed by atoms with Crippen LogP contribution >= 0.6 is 0 Å². The van der Waals surface area contributed by atoms with Crippen LogP contribution in [-0.4, -0.2) is 11.5 Å². The van der Waals surface area contributed by atoms with E-state index in [1.807, 2.05) is 30.3 Å². The molecule has 0 saturated heterocycles. The van der Waals surface area contributed by atoms with E-state index in [-0.39, 0.29) is 12.4 Å². The molecule has 1 aliphatic rings. The monoisotopic (exact) mass is 243 g/mol. The average Bonchev–Trinajstić information content (AvgIpc) is 2.87. The summed E-state index contributed by atoms with van der Waals surface area (Å²) in [6, 6.07) is 9.61. The minimum Gasteiger partial charge on any atom is -0.461 e. The molecule has 0 spiro atoms. The maximum absolute atomic E-state index is 11.8. The van der Waals surface area contributed by atoms with E-state index >= 15 is 0 Å². The van der Waals surface area contributed by atoms with E-state index in [1.165, 1.54) is 0 Å². The number of benzene rings is 1. The number of hydrogen-bond donors (Lipinski definition) is 0. The molecule has 1 aromatic carbocycles. The van der Waals surface area contributed by atoms with Gasteiger partial charge in [-0.3, -0.25) is 4.79 Å². The van der Waals surface area contributed by atoms with E-state index in [2.05, 4.69) is 4.85 Å². The molecule has 0 unspecified atom stereocenters. The molecule has 0 N–H and O–H groups in total. The Labute approximate surface area is 108 Å². The number of hydrogen-bond acceptors (Lipinski definition) is 2. The third kappa shape index (κ3) is 3.10.